The zero-order valence-corrected chi connectivity index (χ0v) is 12.6. The predicted octanol–water partition coefficient (Wildman–Crippen LogP) is 2.53. The van der Waals surface area contributed by atoms with E-state index >= 15 is 0 Å². The second-order valence-electron chi connectivity index (χ2n) is 5.09. The molecule has 3 N–H and O–H groups in total. The van der Waals surface area contributed by atoms with E-state index in [0.717, 1.165) is 0 Å². The lowest BCUT2D eigenvalue weighted by Crippen LogP contribution is -2.14. The van der Waals surface area contributed by atoms with E-state index in [9.17, 15) is 13.4 Å². The molecule has 0 saturated heterocycles. The van der Waals surface area contributed by atoms with Crippen molar-refractivity contribution in [2.45, 2.75) is 26.7 Å². The number of halogens is 1. The third kappa shape index (κ3) is 6.14. The SMILES string of the molecule is CC(C)CS(=O)CCCC(=O)Nc1ccc(F)c(N)c1. The quantitative estimate of drug-likeness (QED) is 0.760. The van der Waals surface area contributed by atoms with E-state index in [1.807, 2.05) is 13.8 Å². The number of nitrogens with one attached hydrogen (secondary N) is 1. The van der Waals surface area contributed by atoms with Crippen molar-refractivity contribution in [1.82, 2.24) is 0 Å². The van der Waals surface area contributed by atoms with Crippen LogP contribution in [0.2, 0.25) is 0 Å². The van der Waals surface area contributed by atoms with Crippen LogP contribution in [0.3, 0.4) is 0 Å². The van der Waals surface area contributed by atoms with E-state index in [1.54, 1.807) is 0 Å². The molecule has 112 valence electrons. The molecule has 20 heavy (non-hydrogen) atoms. The van der Waals surface area contributed by atoms with Gasteiger partial charge in [-0.1, -0.05) is 13.8 Å². The zero-order chi connectivity index (χ0) is 15.1. The van der Waals surface area contributed by atoms with Gasteiger partial charge >= 0.3 is 0 Å². The monoisotopic (exact) mass is 300 g/mol. The highest BCUT2D eigenvalue weighted by Gasteiger charge is 2.07. The third-order valence-electron chi connectivity index (χ3n) is 2.57. The van der Waals surface area contributed by atoms with Crippen LogP contribution in [0, 0.1) is 11.7 Å². The van der Waals surface area contributed by atoms with Crippen LogP contribution in [-0.4, -0.2) is 21.6 Å². The smallest absolute Gasteiger partial charge is 0.224 e. The number of amides is 1. The summed E-state index contributed by atoms with van der Waals surface area (Å²) in [5.41, 5.74) is 5.89. The van der Waals surface area contributed by atoms with Crippen molar-refractivity contribution in [3.05, 3.63) is 24.0 Å². The topological polar surface area (TPSA) is 72.2 Å². The lowest BCUT2D eigenvalue weighted by molar-refractivity contribution is -0.116. The maximum absolute atomic E-state index is 13.0. The van der Waals surface area contributed by atoms with Crippen LogP contribution in [0.1, 0.15) is 26.7 Å². The highest BCUT2D eigenvalue weighted by Crippen LogP contribution is 2.16. The fourth-order valence-corrected chi connectivity index (χ4v) is 3.07. The van der Waals surface area contributed by atoms with Crippen molar-refractivity contribution in [2.24, 2.45) is 5.92 Å². The standard InChI is InChI=1S/C14H21FN2O2S/c1-10(2)9-20(19)7-3-4-14(18)17-11-5-6-12(15)13(16)8-11/h5-6,8,10H,3-4,7,9,16H2,1-2H3,(H,17,18). The summed E-state index contributed by atoms with van der Waals surface area (Å²) in [4.78, 5) is 11.7. The van der Waals surface area contributed by atoms with E-state index in [1.165, 1.54) is 18.2 Å². The van der Waals surface area contributed by atoms with E-state index in [0.29, 0.717) is 36.0 Å². The number of hydrogen-bond acceptors (Lipinski definition) is 3. The van der Waals surface area contributed by atoms with Gasteiger partial charge in [-0.3, -0.25) is 9.00 Å². The number of nitrogen functional groups attached to an aromatic ring is 1. The molecule has 4 nitrogen and oxygen atoms in total. The Bertz CT molecular complexity index is 492. The van der Waals surface area contributed by atoms with Gasteiger partial charge in [0.2, 0.25) is 5.91 Å². The first kappa shape index (κ1) is 16.6. The second-order valence-corrected chi connectivity index (χ2v) is 6.71. The summed E-state index contributed by atoms with van der Waals surface area (Å²) in [7, 11) is -0.869. The minimum absolute atomic E-state index is 0.000775. The molecular weight excluding hydrogens is 279 g/mol. The van der Waals surface area contributed by atoms with Gasteiger partial charge in [-0.15, -0.1) is 0 Å². The lowest BCUT2D eigenvalue weighted by Gasteiger charge is -2.07. The number of rotatable bonds is 7. The van der Waals surface area contributed by atoms with Crippen LogP contribution in [-0.2, 0) is 15.6 Å². The Morgan fingerprint density at radius 1 is 1.45 bits per heavy atom. The first-order valence-electron chi connectivity index (χ1n) is 6.58. The van der Waals surface area contributed by atoms with Gasteiger partial charge in [0.25, 0.3) is 0 Å². The average Bonchev–Trinajstić information content (AvgIpc) is 2.33. The molecule has 0 heterocycles. The zero-order valence-electron chi connectivity index (χ0n) is 11.8. The summed E-state index contributed by atoms with van der Waals surface area (Å²) in [5, 5.41) is 2.64. The maximum atomic E-state index is 13.0. The molecule has 0 aliphatic carbocycles. The van der Waals surface area contributed by atoms with Crippen molar-refractivity contribution in [2.75, 3.05) is 22.6 Å². The molecule has 1 atom stereocenters. The third-order valence-corrected chi connectivity index (χ3v) is 4.36. The molecule has 0 aromatic heterocycles. The predicted molar refractivity (Wildman–Crippen MR) is 81.4 cm³/mol. The van der Waals surface area contributed by atoms with Gasteiger partial charge < -0.3 is 11.1 Å². The largest absolute Gasteiger partial charge is 0.396 e. The van der Waals surface area contributed by atoms with Gasteiger partial charge in [0.1, 0.15) is 5.82 Å². The summed E-state index contributed by atoms with van der Waals surface area (Å²) in [6, 6.07) is 4.05. The van der Waals surface area contributed by atoms with Crippen LogP contribution in [0.15, 0.2) is 18.2 Å². The fourth-order valence-electron chi connectivity index (χ4n) is 1.69. The number of anilines is 2. The Hall–Kier alpha value is -1.43. The molecule has 0 saturated carbocycles. The Labute approximate surface area is 121 Å². The van der Waals surface area contributed by atoms with Crippen LogP contribution in [0.4, 0.5) is 15.8 Å². The summed E-state index contributed by atoms with van der Waals surface area (Å²) in [6.07, 6.45) is 0.864. The summed E-state index contributed by atoms with van der Waals surface area (Å²) in [5.74, 6) is 0.893. The second kappa shape index (κ2) is 7.99. The van der Waals surface area contributed by atoms with Gasteiger partial charge in [-0.2, -0.15) is 0 Å². The fraction of sp³-hybridized carbons (Fsp3) is 0.500. The highest BCUT2D eigenvalue weighted by atomic mass is 32.2. The van der Waals surface area contributed by atoms with Crippen LogP contribution >= 0.6 is 0 Å². The summed E-state index contributed by atoms with van der Waals surface area (Å²) in [6.45, 7) is 4.03. The molecule has 0 aliphatic heterocycles. The van der Waals surface area contributed by atoms with Gasteiger partial charge in [-0.25, -0.2) is 4.39 Å². The van der Waals surface area contributed by atoms with Crippen LogP contribution < -0.4 is 11.1 Å². The molecule has 0 spiro atoms. The van der Waals surface area contributed by atoms with Crippen molar-refractivity contribution < 1.29 is 13.4 Å². The highest BCUT2D eigenvalue weighted by molar-refractivity contribution is 7.84. The number of hydrogen-bond donors (Lipinski definition) is 2. The first-order valence-corrected chi connectivity index (χ1v) is 8.07. The van der Waals surface area contributed by atoms with E-state index < -0.39 is 16.6 Å². The minimum atomic E-state index is -0.869. The molecule has 1 amide bonds. The average molecular weight is 300 g/mol. The van der Waals surface area contributed by atoms with E-state index in [-0.39, 0.29) is 11.6 Å². The van der Waals surface area contributed by atoms with E-state index in [4.69, 9.17) is 5.73 Å². The Morgan fingerprint density at radius 3 is 2.75 bits per heavy atom. The molecule has 6 heteroatoms. The van der Waals surface area contributed by atoms with Gasteiger partial charge in [0.15, 0.2) is 0 Å². The van der Waals surface area contributed by atoms with Crippen LogP contribution in [0.5, 0.6) is 0 Å². The molecule has 0 radical (unpaired) electrons. The molecule has 0 aliphatic rings. The molecular formula is C14H21FN2O2S. The van der Waals surface area contributed by atoms with Crippen LogP contribution in [0.25, 0.3) is 0 Å². The normalized spacial score (nSPS) is 12.4. The molecule has 1 aromatic rings. The Balaban J connectivity index is 2.33. The Morgan fingerprint density at radius 2 is 2.15 bits per heavy atom. The van der Waals surface area contributed by atoms with Crippen molar-refractivity contribution in [3.8, 4) is 0 Å². The molecule has 0 fully saturated rings. The van der Waals surface area contributed by atoms with Gasteiger partial charge in [0, 0.05) is 34.4 Å². The Kier molecular flexibility index (Phi) is 6.64. The van der Waals surface area contributed by atoms with Gasteiger partial charge in [0.05, 0.1) is 5.69 Å². The number of carbonyl (C=O) groups excluding carboxylic acids is 1. The molecule has 0 bridgehead atoms. The number of nitrogens with two attached hydrogens (primary N) is 1. The molecule has 1 unspecified atom stereocenters. The summed E-state index contributed by atoms with van der Waals surface area (Å²) >= 11 is 0. The number of benzene rings is 1. The minimum Gasteiger partial charge on any atom is -0.396 e. The van der Waals surface area contributed by atoms with Gasteiger partial charge in [-0.05, 0) is 30.5 Å². The maximum Gasteiger partial charge on any atom is 0.224 e. The molecule has 1 aromatic carbocycles. The summed E-state index contributed by atoms with van der Waals surface area (Å²) < 4.78 is 24.6. The molecule has 1 rings (SSSR count). The first-order chi connectivity index (χ1) is 9.38. The number of carbonyl (C=O) groups is 1. The van der Waals surface area contributed by atoms with E-state index in [2.05, 4.69) is 5.32 Å². The van der Waals surface area contributed by atoms with Crippen molar-refractivity contribution in [1.29, 1.82) is 0 Å². The van der Waals surface area contributed by atoms with Crippen molar-refractivity contribution in [3.63, 3.8) is 0 Å². The lowest BCUT2D eigenvalue weighted by atomic mass is 10.2. The van der Waals surface area contributed by atoms with Crippen molar-refractivity contribution >= 4 is 28.1 Å².